The van der Waals surface area contributed by atoms with Gasteiger partial charge in [-0.25, -0.2) is 18.7 Å². The van der Waals surface area contributed by atoms with E-state index in [0.29, 0.717) is 0 Å². The van der Waals surface area contributed by atoms with Crippen molar-refractivity contribution in [2.45, 2.75) is 13.8 Å². The summed E-state index contributed by atoms with van der Waals surface area (Å²) in [5.74, 6) is -2.11. The van der Waals surface area contributed by atoms with Crippen LogP contribution in [0.25, 0.3) is 5.69 Å². The summed E-state index contributed by atoms with van der Waals surface area (Å²) in [5, 5.41) is 12.9. The highest BCUT2D eigenvalue weighted by molar-refractivity contribution is 5.93. The van der Waals surface area contributed by atoms with Crippen LogP contribution >= 0.6 is 0 Å². The number of hydrogen-bond acceptors (Lipinski definition) is 6. The number of halogens is 1. The monoisotopic (exact) mass is 331 g/mol. The van der Waals surface area contributed by atoms with Crippen LogP contribution in [0.2, 0.25) is 0 Å². The molecule has 0 spiro atoms. The van der Waals surface area contributed by atoms with Gasteiger partial charge < -0.3 is 9.47 Å². The van der Waals surface area contributed by atoms with Gasteiger partial charge in [-0.1, -0.05) is 0 Å². The molecule has 2 rings (SSSR count). The minimum absolute atomic E-state index is 0.0320. The van der Waals surface area contributed by atoms with Crippen molar-refractivity contribution >= 4 is 11.9 Å². The molecular weight excluding hydrogens is 317 g/mol. The van der Waals surface area contributed by atoms with Gasteiger partial charge in [0.25, 0.3) is 0 Å². The molecule has 24 heavy (non-hydrogen) atoms. The van der Waals surface area contributed by atoms with E-state index in [2.05, 4.69) is 5.10 Å². The predicted octanol–water partition coefficient (Wildman–Crippen LogP) is 2.24. The Morgan fingerprint density at radius 3 is 2.50 bits per heavy atom. The summed E-state index contributed by atoms with van der Waals surface area (Å²) in [7, 11) is 0. The Hall–Kier alpha value is -3.21. The molecule has 0 unspecified atom stereocenters. The second-order valence-corrected chi connectivity index (χ2v) is 4.54. The fraction of sp³-hybridized carbons (Fsp3) is 0.250. The van der Waals surface area contributed by atoms with Gasteiger partial charge in [0.15, 0.2) is 11.4 Å². The summed E-state index contributed by atoms with van der Waals surface area (Å²) < 4.78 is 24.4. The lowest BCUT2D eigenvalue weighted by Gasteiger charge is -2.07. The van der Waals surface area contributed by atoms with Crippen molar-refractivity contribution in [1.29, 1.82) is 5.26 Å². The molecular formula is C16H14FN3O4. The fourth-order valence-electron chi connectivity index (χ4n) is 1.96. The minimum Gasteiger partial charge on any atom is -0.461 e. The van der Waals surface area contributed by atoms with Gasteiger partial charge in [0.1, 0.15) is 11.9 Å². The van der Waals surface area contributed by atoms with Crippen molar-refractivity contribution in [3.63, 3.8) is 0 Å². The van der Waals surface area contributed by atoms with Gasteiger partial charge in [0, 0.05) is 6.07 Å². The van der Waals surface area contributed by atoms with Gasteiger partial charge in [-0.15, -0.1) is 0 Å². The highest BCUT2D eigenvalue weighted by Crippen LogP contribution is 2.18. The molecule has 124 valence electrons. The summed E-state index contributed by atoms with van der Waals surface area (Å²) in [4.78, 5) is 23.9. The number of esters is 2. The molecule has 0 bridgehead atoms. The maximum absolute atomic E-state index is 13.5. The lowest BCUT2D eigenvalue weighted by Crippen LogP contribution is -2.12. The number of ether oxygens (including phenoxy) is 2. The predicted molar refractivity (Wildman–Crippen MR) is 80.2 cm³/mol. The van der Waals surface area contributed by atoms with Crippen molar-refractivity contribution in [3.05, 3.63) is 47.0 Å². The smallest absolute Gasteiger partial charge is 0.358 e. The molecule has 1 aromatic heterocycles. The zero-order valence-electron chi connectivity index (χ0n) is 13.1. The van der Waals surface area contributed by atoms with Gasteiger partial charge in [0.2, 0.25) is 0 Å². The second kappa shape index (κ2) is 7.37. The third kappa shape index (κ3) is 3.41. The van der Waals surface area contributed by atoms with Gasteiger partial charge in [0.05, 0.1) is 24.5 Å². The van der Waals surface area contributed by atoms with E-state index < -0.39 is 17.8 Å². The quantitative estimate of drug-likeness (QED) is 0.780. The van der Waals surface area contributed by atoms with E-state index >= 15 is 0 Å². The standard InChI is InChI=1S/C16H14FN3O4/c1-3-23-15(21)13-8-14(16(22)24-4-2)20(19-13)11-5-6-12(17)10(7-11)9-18/h5-8H,3-4H2,1-2H3. The van der Waals surface area contributed by atoms with Crippen LogP contribution in [0, 0.1) is 17.1 Å². The van der Waals surface area contributed by atoms with Crippen molar-refractivity contribution in [3.8, 4) is 11.8 Å². The number of hydrogen-bond donors (Lipinski definition) is 0. The van der Waals surface area contributed by atoms with Crippen molar-refractivity contribution < 1.29 is 23.5 Å². The molecule has 1 aromatic carbocycles. The lowest BCUT2D eigenvalue weighted by atomic mass is 10.2. The number of carbonyl (C=O) groups is 2. The summed E-state index contributed by atoms with van der Waals surface area (Å²) >= 11 is 0. The zero-order valence-corrected chi connectivity index (χ0v) is 13.1. The van der Waals surface area contributed by atoms with E-state index in [-0.39, 0.29) is 35.9 Å². The summed E-state index contributed by atoms with van der Waals surface area (Å²) in [6.07, 6.45) is 0. The lowest BCUT2D eigenvalue weighted by molar-refractivity contribution is 0.0510. The van der Waals surface area contributed by atoms with Crippen LogP contribution in [0.1, 0.15) is 40.4 Å². The molecule has 0 aliphatic carbocycles. The van der Waals surface area contributed by atoms with Crippen molar-refractivity contribution in [2.75, 3.05) is 13.2 Å². The van der Waals surface area contributed by atoms with Crippen LogP contribution in [-0.4, -0.2) is 34.9 Å². The molecule has 2 aromatic rings. The Morgan fingerprint density at radius 1 is 1.21 bits per heavy atom. The van der Waals surface area contributed by atoms with Crippen LogP contribution < -0.4 is 0 Å². The number of aromatic nitrogens is 2. The summed E-state index contributed by atoms with van der Waals surface area (Å²) in [6, 6.07) is 6.57. The first-order chi connectivity index (χ1) is 11.5. The molecule has 0 N–H and O–H groups in total. The van der Waals surface area contributed by atoms with Gasteiger partial charge in [-0.3, -0.25) is 0 Å². The van der Waals surface area contributed by atoms with Crippen LogP contribution in [0.5, 0.6) is 0 Å². The third-order valence-electron chi connectivity index (χ3n) is 2.99. The number of carbonyl (C=O) groups excluding carboxylic acids is 2. The molecule has 0 atom stereocenters. The largest absolute Gasteiger partial charge is 0.461 e. The maximum atomic E-state index is 13.5. The Bertz CT molecular complexity index is 823. The normalized spacial score (nSPS) is 10.1. The third-order valence-corrected chi connectivity index (χ3v) is 2.99. The van der Waals surface area contributed by atoms with Gasteiger partial charge in [-0.05, 0) is 32.0 Å². The first-order valence-electron chi connectivity index (χ1n) is 7.16. The van der Waals surface area contributed by atoms with Crippen LogP contribution in [0.15, 0.2) is 24.3 Å². The molecule has 0 saturated heterocycles. The summed E-state index contributed by atoms with van der Waals surface area (Å²) in [6.45, 7) is 3.55. The minimum atomic E-state index is -0.705. The SMILES string of the molecule is CCOC(=O)c1cc(C(=O)OCC)n(-c2ccc(F)c(C#N)c2)n1. The Morgan fingerprint density at radius 2 is 1.88 bits per heavy atom. The van der Waals surface area contributed by atoms with E-state index in [0.717, 1.165) is 10.7 Å². The first kappa shape index (κ1) is 17.1. The topological polar surface area (TPSA) is 94.2 Å². The Labute approximate surface area is 137 Å². The van der Waals surface area contributed by atoms with E-state index in [1.165, 1.54) is 18.2 Å². The number of benzene rings is 1. The molecule has 7 nitrogen and oxygen atoms in total. The molecule has 1 heterocycles. The van der Waals surface area contributed by atoms with Gasteiger partial charge >= 0.3 is 11.9 Å². The first-order valence-corrected chi connectivity index (χ1v) is 7.16. The van der Waals surface area contributed by atoms with Crippen LogP contribution in [0.3, 0.4) is 0 Å². The molecule has 0 radical (unpaired) electrons. The van der Waals surface area contributed by atoms with E-state index in [9.17, 15) is 14.0 Å². The van der Waals surface area contributed by atoms with Crippen molar-refractivity contribution in [2.24, 2.45) is 0 Å². The van der Waals surface area contributed by atoms with E-state index in [1.54, 1.807) is 19.9 Å². The number of nitriles is 1. The number of rotatable bonds is 5. The Balaban J connectivity index is 2.56. The van der Waals surface area contributed by atoms with E-state index in [4.69, 9.17) is 14.7 Å². The van der Waals surface area contributed by atoms with E-state index in [1.807, 2.05) is 0 Å². The average molecular weight is 331 g/mol. The zero-order chi connectivity index (χ0) is 17.7. The molecule has 8 heteroatoms. The van der Waals surface area contributed by atoms with Gasteiger partial charge in [-0.2, -0.15) is 10.4 Å². The van der Waals surface area contributed by atoms with Crippen molar-refractivity contribution in [1.82, 2.24) is 9.78 Å². The van der Waals surface area contributed by atoms with Crippen LogP contribution in [0.4, 0.5) is 4.39 Å². The molecule has 0 amide bonds. The molecule has 0 aliphatic heterocycles. The molecule has 0 aliphatic rings. The highest BCUT2D eigenvalue weighted by Gasteiger charge is 2.22. The highest BCUT2D eigenvalue weighted by atomic mass is 19.1. The second-order valence-electron chi connectivity index (χ2n) is 4.54. The Kier molecular flexibility index (Phi) is 5.27. The van der Waals surface area contributed by atoms with Crippen LogP contribution in [-0.2, 0) is 9.47 Å². The summed E-state index contributed by atoms with van der Waals surface area (Å²) in [5.41, 5.74) is -0.0971. The fourth-order valence-corrected chi connectivity index (χ4v) is 1.96. The molecule has 0 fully saturated rings. The molecule has 0 saturated carbocycles. The maximum Gasteiger partial charge on any atom is 0.358 e. The number of nitrogens with zero attached hydrogens (tertiary/aromatic N) is 3. The average Bonchev–Trinajstić information content (AvgIpc) is 3.01.